The van der Waals surface area contributed by atoms with Gasteiger partial charge in [-0.05, 0) is 23.3 Å². The highest BCUT2D eigenvalue weighted by Gasteiger charge is 2.33. The molecule has 7 heteroatoms. The van der Waals surface area contributed by atoms with E-state index in [1.807, 2.05) is 59.5 Å². The summed E-state index contributed by atoms with van der Waals surface area (Å²) >= 11 is 6.13. The van der Waals surface area contributed by atoms with Crippen LogP contribution < -0.4 is 5.32 Å². The van der Waals surface area contributed by atoms with Crippen molar-refractivity contribution in [3.63, 3.8) is 0 Å². The molecule has 1 aliphatic rings. The number of amides is 1. The van der Waals surface area contributed by atoms with Gasteiger partial charge in [0.1, 0.15) is 6.04 Å². The van der Waals surface area contributed by atoms with Crippen LogP contribution in [-0.2, 0) is 20.0 Å². The van der Waals surface area contributed by atoms with Crippen molar-refractivity contribution in [2.24, 2.45) is 0 Å². The first-order valence-corrected chi connectivity index (χ1v) is 11.9. The Morgan fingerprint density at radius 2 is 1.76 bits per heavy atom. The normalized spacial score (nSPS) is 18.2. The fourth-order valence-corrected chi connectivity index (χ4v) is 4.98. The second-order valence-electron chi connectivity index (χ2n) is 8.11. The number of benzene rings is 2. The molecule has 0 aromatic heterocycles. The second-order valence-corrected chi connectivity index (χ2v) is 10.9. The van der Waals surface area contributed by atoms with Gasteiger partial charge in [0.2, 0.25) is 5.91 Å². The van der Waals surface area contributed by atoms with E-state index in [1.165, 1.54) is 0 Å². The lowest BCUT2D eigenvalue weighted by Gasteiger charge is -2.35. The van der Waals surface area contributed by atoms with Crippen molar-refractivity contribution in [1.29, 1.82) is 0 Å². The second kappa shape index (κ2) is 8.86. The molecule has 3 rings (SSSR count). The molecule has 1 aliphatic heterocycles. The quantitative estimate of drug-likeness (QED) is 0.758. The van der Waals surface area contributed by atoms with Crippen LogP contribution in [0.4, 0.5) is 0 Å². The molecule has 1 unspecified atom stereocenters. The third-order valence-electron chi connectivity index (χ3n) is 5.42. The van der Waals surface area contributed by atoms with Crippen molar-refractivity contribution in [1.82, 2.24) is 10.2 Å². The van der Waals surface area contributed by atoms with Gasteiger partial charge in [0.15, 0.2) is 9.84 Å². The summed E-state index contributed by atoms with van der Waals surface area (Å²) in [5, 5.41) is 3.75. The molecular formula is C22H27ClN2O3S. The van der Waals surface area contributed by atoms with Crippen LogP contribution >= 0.6 is 11.6 Å². The molecule has 1 saturated heterocycles. The third kappa shape index (κ3) is 5.59. The summed E-state index contributed by atoms with van der Waals surface area (Å²) in [5.74, 6) is 0.0421. The molecule has 29 heavy (non-hydrogen) atoms. The van der Waals surface area contributed by atoms with Gasteiger partial charge in [-0.2, -0.15) is 0 Å². The lowest BCUT2D eigenvalue weighted by atomic mass is 9.84. The lowest BCUT2D eigenvalue weighted by molar-refractivity contribution is -0.126. The first kappa shape index (κ1) is 21.8. The molecule has 2 aromatic rings. The number of nitrogens with one attached hydrogen (secondary N) is 1. The molecule has 0 bridgehead atoms. The van der Waals surface area contributed by atoms with Crippen molar-refractivity contribution in [2.75, 3.05) is 31.1 Å². The fourth-order valence-electron chi connectivity index (χ4n) is 3.56. The molecular weight excluding hydrogens is 408 g/mol. The topological polar surface area (TPSA) is 66.5 Å². The number of sulfone groups is 1. The van der Waals surface area contributed by atoms with Crippen molar-refractivity contribution in [3.8, 4) is 0 Å². The highest BCUT2D eigenvalue weighted by molar-refractivity contribution is 7.91. The van der Waals surface area contributed by atoms with E-state index in [4.69, 9.17) is 11.6 Å². The molecule has 1 heterocycles. The molecule has 1 fully saturated rings. The van der Waals surface area contributed by atoms with Gasteiger partial charge in [-0.25, -0.2) is 8.42 Å². The summed E-state index contributed by atoms with van der Waals surface area (Å²) in [6.45, 7) is 5.27. The van der Waals surface area contributed by atoms with Gasteiger partial charge in [-0.15, -0.1) is 0 Å². The van der Waals surface area contributed by atoms with E-state index in [2.05, 4.69) is 19.2 Å². The van der Waals surface area contributed by atoms with Crippen LogP contribution in [0.25, 0.3) is 0 Å². The monoisotopic (exact) mass is 434 g/mol. The molecule has 0 radical (unpaired) electrons. The highest BCUT2D eigenvalue weighted by Crippen LogP contribution is 2.27. The summed E-state index contributed by atoms with van der Waals surface area (Å²) in [7, 11) is -3.02. The molecule has 1 atom stereocenters. The zero-order valence-electron chi connectivity index (χ0n) is 16.8. The van der Waals surface area contributed by atoms with Crippen LogP contribution in [0.15, 0.2) is 54.6 Å². The van der Waals surface area contributed by atoms with Crippen molar-refractivity contribution >= 4 is 27.3 Å². The highest BCUT2D eigenvalue weighted by atomic mass is 35.5. The zero-order chi connectivity index (χ0) is 21.1. The van der Waals surface area contributed by atoms with Crippen LogP contribution in [-0.4, -0.2) is 50.4 Å². The third-order valence-corrected chi connectivity index (χ3v) is 7.26. The van der Waals surface area contributed by atoms with Gasteiger partial charge < -0.3 is 5.32 Å². The minimum Gasteiger partial charge on any atom is -0.354 e. The van der Waals surface area contributed by atoms with Crippen molar-refractivity contribution in [2.45, 2.75) is 25.3 Å². The van der Waals surface area contributed by atoms with E-state index in [0.717, 1.165) is 11.1 Å². The molecule has 5 nitrogen and oxygen atoms in total. The fraction of sp³-hybridized carbons (Fsp3) is 0.409. The minimum atomic E-state index is -3.02. The Morgan fingerprint density at radius 3 is 2.38 bits per heavy atom. The van der Waals surface area contributed by atoms with Gasteiger partial charge in [0, 0.05) is 30.1 Å². The van der Waals surface area contributed by atoms with Gasteiger partial charge in [-0.3, -0.25) is 9.69 Å². The summed E-state index contributed by atoms with van der Waals surface area (Å²) in [4.78, 5) is 15.2. The molecule has 0 saturated carbocycles. The van der Waals surface area contributed by atoms with Crippen molar-refractivity contribution in [3.05, 3.63) is 70.7 Å². The largest absolute Gasteiger partial charge is 0.354 e. The number of halogens is 1. The van der Waals surface area contributed by atoms with E-state index in [9.17, 15) is 13.2 Å². The van der Waals surface area contributed by atoms with Crippen LogP contribution in [0.1, 0.15) is 31.0 Å². The first-order chi connectivity index (χ1) is 13.7. The molecule has 156 valence electrons. The van der Waals surface area contributed by atoms with Crippen LogP contribution in [0.2, 0.25) is 5.02 Å². The Bertz CT molecular complexity index is 947. The van der Waals surface area contributed by atoms with Crippen LogP contribution in [0.5, 0.6) is 0 Å². The summed E-state index contributed by atoms with van der Waals surface area (Å²) in [6.07, 6.45) is 0. The number of nitrogens with zero attached hydrogens (tertiary/aromatic N) is 1. The zero-order valence-corrected chi connectivity index (χ0v) is 18.3. The minimum absolute atomic E-state index is 0.0810. The Morgan fingerprint density at radius 1 is 1.10 bits per heavy atom. The molecule has 0 aliphatic carbocycles. The smallest absolute Gasteiger partial charge is 0.241 e. The summed E-state index contributed by atoms with van der Waals surface area (Å²) in [5.41, 5.74) is 1.61. The number of hydrogen-bond acceptors (Lipinski definition) is 4. The average Bonchev–Trinajstić information content (AvgIpc) is 2.69. The SMILES string of the molecule is CC(C)(CNC(=O)C(c1ccccc1)N1CCS(=O)(=O)CC1)c1cccc(Cl)c1. The number of carbonyl (C=O) groups excluding carboxylic acids is 1. The Hall–Kier alpha value is -1.89. The van der Waals surface area contributed by atoms with Crippen LogP contribution in [0.3, 0.4) is 0 Å². The maximum atomic E-state index is 13.2. The van der Waals surface area contributed by atoms with Crippen molar-refractivity contribution < 1.29 is 13.2 Å². The standard InChI is InChI=1S/C22H27ClN2O3S/c1-22(2,18-9-6-10-19(23)15-18)16-24-21(26)20(17-7-4-3-5-8-17)25-11-13-29(27,28)14-12-25/h3-10,15,20H,11-14,16H2,1-2H3,(H,24,26). The first-order valence-electron chi connectivity index (χ1n) is 9.71. The molecule has 1 amide bonds. The maximum absolute atomic E-state index is 13.2. The predicted molar refractivity (Wildman–Crippen MR) is 117 cm³/mol. The van der Waals surface area contributed by atoms with Gasteiger partial charge in [0.05, 0.1) is 11.5 Å². The number of rotatable bonds is 6. The Balaban J connectivity index is 1.76. The van der Waals surface area contributed by atoms with Gasteiger partial charge in [0.25, 0.3) is 0 Å². The van der Waals surface area contributed by atoms with E-state index in [0.29, 0.717) is 24.7 Å². The maximum Gasteiger partial charge on any atom is 0.241 e. The molecule has 0 spiro atoms. The van der Waals surface area contributed by atoms with Crippen LogP contribution in [0, 0.1) is 0 Å². The van der Waals surface area contributed by atoms with E-state index in [-0.39, 0.29) is 22.8 Å². The van der Waals surface area contributed by atoms with E-state index >= 15 is 0 Å². The molecule has 1 N–H and O–H groups in total. The predicted octanol–water partition coefficient (Wildman–Crippen LogP) is 3.21. The van der Waals surface area contributed by atoms with Gasteiger partial charge >= 0.3 is 0 Å². The Labute approximate surface area is 178 Å². The Kier molecular flexibility index (Phi) is 6.66. The number of carbonyl (C=O) groups is 1. The van der Waals surface area contributed by atoms with E-state index < -0.39 is 15.9 Å². The molecule has 2 aromatic carbocycles. The summed E-state index contributed by atoms with van der Waals surface area (Å²) in [6, 6.07) is 16.7. The summed E-state index contributed by atoms with van der Waals surface area (Å²) < 4.78 is 23.7. The average molecular weight is 435 g/mol. The lowest BCUT2D eigenvalue weighted by Crippen LogP contribution is -2.49. The van der Waals surface area contributed by atoms with Gasteiger partial charge in [-0.1, -0.05) is 67.9 Å². The van der Waals surface area contributed by atoms with E-state index in [1.54, 1.807) is 0 Å². The number of hydrogen-bond donors (Lipinski definition) is 1.